The maximum atomic E-state index is 13.2. The van der Waals surface area contributed by atoms with Crippen LogP contribution in [-0.4, -0.2) is 20.8 Å². The Morgan fingerprint density at radius 1 is 1.08 bits per heavy atom. The van der Waals surface area contributed by atoms with Crippen molar-refractivity contribution in [3.05, 3.63) is 105 Å². The van der Waals surface area contributed by atoms with E-state index in [0.717, 1.165) is 22.0 Å². The van der Waals surface area contributed by atoms with Crippen LogP contribution in [0.15, 0.2) is 77.9 Å². The van der Waals surface area contributed by atoms with Crippen molar-refractivity contribution in [1.82, 2.24) is 9.66 Å². The van der Waals surface area contributed by atoms with E-state index in [0.29, 0.717) is 37.8 Å². The van der Waals surface area contributed by atoms with Crippen molar-refractivity contribution in [2.45, 2.75) is 26.4 Å². The fourth-order valence-electron chi connectivity index (χ4n) is 3.48. The number of ether oxygens (including phenoxy) is 1. The Morgan fingerprint density at radius 2 is 1.78 bits per heavy atom. The molecule has 184 valence electrons. The Bertz CT molecular complexity index is 1510. The predicted octanol–water partition coefficient (Wildman–Crippen LogP) is 7.01. The number of nitrogens with zero attached hydrogens (tertiary/aromatic N) is 4. The van der Waals surface area contributed by atoms with E-state index in [1.165, 1.54) is 16.8 Å². The number of aryl methyl sites for hydroxylation is 1. The number of rotatable bonds is 8. The first-order valence-electron chi connectivity index (χ1n) is 10.9. The molecule has 3 aromatic carbocycles. The molecule has 36 heavy (non-hydrogen) atoms. The first-order chi connectivity index (χ1) is 17.3. The summed E-state index contributed by atoms with van der Waals surface area (Å²) < 4.78 is 9.43. The molecule has 4 aromatic rings. The monoisotopic (exact) mass is 676 g/mol. The van der Waals surface area contributed by atoms with Gasteiger partial charge in [-0.1, -0.05) is 22.9 Å². The number of nitro groups is 1. The normalized spacial score (nSPS) is 11.3. The lowest BCUT2D eigenvalue weighted by molar-refractivity contribution is -0.384. The molecule has 0 aliphatic heterocycles. The lowest BCUT2D eigenvalue weighted by Gasteiger charge is -2.12. The number of aromatic nitrogens is 2. The Kier molecular flexibility index (Phi) is 8.32. The summed E-state index contributed by atoms with van der Waals surface area (Å²) in [4.78, 5) is 28.2. The fourth-order valence-corrected chi connectivity index (χ4v) is 5.30. The highest BCUT2D eigenvalue weighted by Crippen LogP contribution is 2.35. The van der Waals surface area contributed by atoms with Gasteiger partial charge in [-0.05, 0) is 91.9 Å². The molecule has 0 spiro atoms. The van der Waals surface area contributed by atoms with Crippen molar-refractivity contribution in [1.29, 1.82) is 0 Å². The summed E-state index contributed by atoms with van der Waals surface area (Å²) in [6.45, 7) is 2.26. The molecule has 0 aliphatic carbocycles. The van der Waals surface area contributed by atoms with Crippen LogP contribution in [-0.2, 0) is 13.0 Å². The Balaban J connectivity index is 1.60. The summed E-state index contributed by atoms with van der Waals surface area (Å²) >= 11 is 10.5. The summed E-state index contributed by atoms with van der Waals surface area (Å²) in [6.07, 6.45) is 3.03. The summed E-state index contributed by atoms with van der Waals surface area (Å²) in [6, 6.07) is 15.3. The lowest BCUT2D eigenvalue weighted by Crippen LogP contribution is -2.22. The number of halogens is 3. The van der Waals surface area contributed by atoms with Crippen LogP contribution < -0.4 is 10.3 Å². The van der Waals surface area contributed by atoms with Gasteiger partial charge in [0.2, 0.25) is 0 Å². The second-order valence-electron chi connectivity index (χ2n) is 7.83. The molecule has 0 radical (unpaired) electrons. The van der Waals surface area contributed by atoms with Gasteiger partial charge in [0.25, 0.3) is 11.2 Å². The van der Waals surface area contributed by atoms with Gasteiger partial charge in [0.1, 0.15) is 18.2 Å². The summed E-state index contributed by atoms with van der Waals surface area (Å²) in [5.74, 6) is 1.17. The topological polar surface area (TPSA) is 99.6 Å². The average Bonchev–Trinajstić information content (AvgIpc) is 2.84. The third-order valence-corrected chi connectivity index (χ3v) is 6.89. The van der Waals surface area contributed by atoms with Gasteiger partial charge in [-0.2, -0.15) is 9.78 Å². The Labute approximate surface area is 231 Å². The first-order valence-corrected chi connectivity index (χ1v) is 13.3. The molecule has 0 saturated heterocycles. The van der Waals surface area contributed by atoms with E-state index in [-0.39, 0.29) is 17.9 Å². The van der Waals surface area contributed by atoms with Gasteiger partial charge in [-0.3, -0.25) is 14.9 Å². The van der Waals surface area contributed by atoms with E-state index in [2.05, 4.69) is 57.9 Å². The average molecular weight is 679 g/mol. The molecule has 0 bridgehead atoms. The van der Waals surface area contributed by atoms with Gasteiger partial charge in [0.15, 0.2) is 0 Å². The van der Waals surface area contributed by atoms with E-state index >= 15 is 0 Å². The van der Waals surface area contributed by atoms with Crippen molar-refractivity contribution in [3.8, 4) is 5.75 Å². The second kappa shape index (κ2) is 11.4. The maximum Gasteiger partial charge on any atom is 0.282 e. The van der Waals surface area contributed by atoms with Crippen LogP contribution in [0.25, 0.3) is 10.9 Å². The minimum atomic E-state index is -0.440. The quantitative estimate of drug-likeness (QED) is 0.113. The van der Waals surface area contributed by atoms with Crippen LogP contribution in [0, 0.1) is 10.1 Å². The summed E-state index contributed by atoms with van der Waals surface area (Å²) in [5, 5.41) is 15.8. The molecule has 0 saturated carbocycles. The first kappa shape index (κ1) is 26.2. The highest BCUT2D eigenvalue weighted by Gasteiger charge is 2.12. The van der Waals surface area contributed by atoms with Crippen molar-refractivity contribution in [2.75, 3.05) is 0 Å². The van der Waals surface area contributed by atoms with Crippen LogP contribution in [0.2, 0.25) is 0 Å². The van der Waals surface area contributed by atoms with Crippen LogP contribution >= 0.6 is 47.8 Å². The maximum absolute atomic E-state index is 13.2. The zero-order valence-electron chi connectivity index (χ0n) is 19.0. The van der Waals surface area contributed by atoms with E-state index in [4.69, 9.17) is 4.74 Å². The molecule has 8 nitrogen and oxygen atoms in total. The highest BCUT2D eigenvalue weighted by molar-refractivity contribution is 9.11. The van der Waals surface area contributed by atoms with Crippen LogP contribution in [0.5, 0.6) is 5.75 Å². The third kappa shape index (κ3) is 5.91. The number of benzene rings is 3. The molecular weight excluding hydrogens is 660 g/mol. The standard InChI is InChI=1S/C25H19Br3N4O4/c1-2-3-23-30-22-9-6-17(26)12-19(22)25(33)31(23)29-13-16-10-20(27)24(21(28)11-16)36-14-15-4-7-18(8-5-15)32(34)35/h4-13H,2-3,14H2,1H3. The molecule has 1 heterocycles. The zero-order valence-corrected chi connectivity index (χ0v) is 23.7. The van der Waals surface area contributed by atoms with Crippen molar-refractivity contribution in [3.63, 3.8) is 0 Å². The molecule has 0 fully saturated rings. The fraction of sp³-hybridized carbons (Fsp3) is 0.160. The smallest absolute Gasteiger partial charge is 0.282 e. The Morgan fingerprint density at radius 3 is 2.42 bits per heavy atom. The van der Waals surface area contributed by atoms with Crippen LogP contribution in [0.1, 0.15) is 30.3 Å². The molecule has 1 aromatic heterocycles. The summed E-state index contributed by atoms with van der Waals surface area (Å²) in [5.41, 5.74) is 1.96. The molecule has 0 N–H and O–H groups in total. The van der Waals surface area contributed by atoms with E-state index in [9.17, 15) is 14.9 Å². The van der Waals surface area contributed by atoms with E-state index in [1.54, 1.807) is 24.4 Å². The van der Waals surface area contributed by atoms with Gasteiger partial charge >= 0.3 is 0 Å². The zero-order chi connectivity index (χ0) is 25.8. The van der Waals surface area contributed by atoms with Crippen molar-refractivity contribution in [2.24, 2.45) is 5.10 Å². The van der Waals surface area contributed by atoms with E-state index in [1.807, 2.05) is 31.2 Å². The van der Waals surface area contributed by atoms with Gasteiger partial charge in [0.05, 0.1) is 31.0 Å². The molecule has 4 rings (SSSR count). The minimum Gasteiger partial charge on any atom is -0.487 e. The molecule has 0 aliphatic rings. The van der Waals surface area contributed by atoms with Crippen LogP contribution in [0.4, 0.5) is 5.69 Å². The number of hydrogen-bond acceptors (Lipinski definition) is 6. The highest BCUT2D eigenvalue weighted by atomic mass is 79.9. The molecule has 0 unspecified atom stereocenters. The number of fused-ring (bicyclic) bond motifs is 1. The van der Waals surface area contributed by atoms with Crippen molar-refractivity contribution < 1.29 is 9.66 Å². The van der Waals surface area contributed by atoms with Crippen LogP contribution in [0.3, 0.4) is 0 Å². The molecule has 11 heteroatoms. The van der Waals surface area contributed by atoms with E-state index < -0.39 is 4.92 Å². The number of nitro benzene ring substituents is 1. The Hall–Kier alpha value is -2.89. The minimum absolute atomic E-state index is 0.0280. The second-order valence-corrected chi connectivity index (χ2v) is 10.5. The third-order valence-electron chi connectivity index (χ3n) is 5.22. The number of hydrogen-bond donors (Lipinski definition) is 0. The molecule has 0 atom stereocenters. The van der Waals surface area contributed by atoms with Gasteiger partial charge in [-0.25, -0.2) is 4.98 Å². The lowest BCUT2D eigenvalue weighted by atomic mass is 10.2. The largest absolute Gasteiger partial charge is 0.487 e. The van der Waals surface area contributed by atoms with Gasteiger partial charge in [-0.15, -0.1) is 0 Å². The predicted molar refractivity (Wildman–Crippen MR) is 150 cm³/mol. The van der Waals surface area contributed by atoms with Crippen molar-refractivity contribution >= 4 is 70.6 Å². The van der Waals surface area contributed by atoms with Gasteiger partial charge < -0.3 is 4.74 Å². The molecular formula is C25H19Br3N4O4. The SMILES string of the molecule is CCCc1nc2ccc(Br)cc2c(=O)n1N=Cc1cc(Br)c(OCc2ccc([N+](=O)[O-])cc2)c(Br)c1. The molecule has 0 amide bonds. The number of non-ortho nitro benzene ring substituents is 1. The summed E-state index contributed by atoms with van der Waals surface area (Å²) in [7, 11) is 0. The van der Waals surface area contributed by atoms with Gasteiger partial charge in [0, 0.05) is 23.0 Å².